The molecule has 26 heavy (non-hydrogen) atoms. The maximum absolute atomic E-state index is 12.2. The van der Waals surface area contributed by atoms with Crippen molar-refractivity contribution in [3.63, 3.8) is 0 Å². The van der Waals surface area contributed by atoms with Crippen molar-refractivity contribution in [3.05, 3.63) is 35.9 Å². The average molecular weight is 479 g/mol. The molecule has 0 aliphatic rings. The molecule has 142 valence electrons. The zero-order chi connectivity index (χ0) is 21.2. The lowest BCUT2D eigenvalue weighted by molar-refractivity contribution is -0.138. The molecule has 0 aromatic heterocycles. The average Bonchev–Trinajstić information content (AvgIpc) is 2.65. The predicted octanol–water partition coefficient (Wildman–Crippen LogP) is -0.560. The summed E-state index contributed by atoms with van der Waals surface area (Å²) in [5.41, 5.74) is 0.808. The van der Waals surface area contributed by atoms with Gasteiger partial charge >= 0.3 is 5.97 Å². The maximum atomic E-state index is 12.2. The standard InChI is InChI=1S/C16H20IN3O6/c17-6-13(21)18-7-14(22)20-12(16(25)19-8-15(23)24)10-26-9-11-4-2-1-3-5-11/h1-5,12H,6-10H2,(H,18,21)(H,19,25)(H,20,22)(H,23,24)/i7D2. The van der Waals surface area contributed by atoms with E-state index in [1.54, 1.807) is 46.9 Å². The number of ether oxygens (including phenoxy) is 1. The van der Waals surface area contributed by atoms with Crippen LogP contribution in [0.1, 0.15) is 8.30 Å². The highest BCUT2D eigenvalue weighted by atomic mass is 127. The summed E-state index contributed by atoms with van der Waals surface area (Å²) in [4.78, 5) is 46.3. The number of aliphatic carboxylic acids is 1. The quantitative estimate of drug-likeness (QED) is 0.249. The highest BCUT2D eigenvalue weighted by Gasteiger charge is 2.21. The number of carboxylic acid groups (broad SMARTS) is 1. The summed E-state index contributed by atoms with van der Waals surface area (Å²) in [5, 5.41) is 14.8. The molecule has 9 nitrogen and oxygen atoms in total. The van der Waals surface area contributed by atoms with Crippen LogP contribution in [-0.2, 0) is 30.5 Å². The molecule has 0 saturated carbocycles. The molecule has 1 aromatic rings. The summed E-state index contributed by atoms with van der Waals surface area (Å²) in [6, 6.07) is 7.62. The highest BCUT2D eigenvalue weighted by molar-refractivity contribution is 14.1. The summed E-state index contributed by atoms with van der Waals surface area (Å²) in [6.07, 6.45) is 0. The molecule has 4 N–H and O–H groups in total. The Morgan fingerprint density at radius 3 is 2.46 bits per heavy atom. The first-order chi connectivity index (χ1) is 13.2. The van der Waals surface area contributed by atoms with Crippen molar-refractivity contribution in [2.75, 3.05) is 24.1 Å². The van der Waals surface area contributed by atoms with Crippen LogP contribution < -0.4 is 16.0 Å². The van der Waals surface area contributed by atoms with Gasteiger partial charge < -0.3 is 25.8 Å². The number of carbonyl (C=O) groups is 4. The number of alkyl halides is 1. The number of hydrogen-bond acceptors (Lipinski definition) is 5. The third-order valence-electron chi connectivity index (χ3n) is 2.87. The van der Waals surface area contributed by atoms with Crippen molar-refractivity contribution in [1.82, 2.24) is 16.0 Å². The second-order valence-electron chi connectivity index (χ2n) is 4.95. The number of carbonyl (C=O) groups excluding carboxylic acids is 3. The van der Waals surface area contributed by atoms with Crippen LogP contribution in [0.25, 0.3) is 0 Å². The van der Waals surface area contributed by atoms with Gasteiger partial charge in [0.15, 0.2) is 0 Å². The molecule has 0 spiro atoms. The van der Waals surface area contributed by atoms with Gasteiger partial charge in [0.1, 0.15) is 12.6 Å². The smallest absolute Gasteiger partial charge is 0.322 e. The number of hydrogen-bond donors (Lipinski definition) is 4. The van der Waals surface area contributed by atoms with Crippen LogP contribution in [0, 0.1) is 0 Å². The van der Waals surface area contributed by atoms with Crippen molar-refractivity contribution >= 4 is 46.3 Å². The fourth-order valence-corrected chi connectivity index (χ4v) is 1.88. The SMILES string of the molecule is [2H]C([2H])(NC(=O)CI)C(=O)NC(COCc1ccccc1)C(=O)NCC(=O)O. The molecule has 10 heteroatoms. The van der Waals surface area contributed by atoms with Crippen LogP contribution in [0.2, 0.25) is 0 Å². The van der Waals surface area contributed by atoms with Gasteiger partial charge in [-0.1, -0.05) is 52.9 Å². The Hall–Kier alpha value is -2.21. The van der Waals surface area contributed by atoms with Crippen LogP contribution >= 0.6 is 22.6 Å². The summed E-state index contributed by atoms with van der Waals surface area (Å²) in [5.74, 6) is -4.11. The molecule has 0 aliphatic carbocycles. The first-order valence-corrected chi connectivity index (χ1v) is 8.97. The summed E-state index contributed by atoms with van der Waals surface area (Å²) < 4.78 is 20.6. The lowest BCUT2D eigenvalue weighted by Crippen LogP contribution is -2.52. The van der Waals surface area contributed by atoms with Crippen LogP contribution in [-0.4, -0.2) is 58.9 Å². The number of carboxylic acids is 1. The molecular weight excluding hydrogens is 457 g/mol. The Labute approximate surface area is 166 Å². The number of amides is 3. The van der Waals surface area contributed by atoms with Gasteiger partial charge in [-0.05, 0) is 5.56 Å². The normalized spacial score (nSPS) is 13.0. The zero-order valence-electron chi connectivity index (χ0n) is 15.7. The molecule has 3 amide bonds. The first-order valence-electron chi connectivity index (χ1n) is 8.45. The lowest BCUT2D eigenvalue weighted by Gasteiger charge is -2.18. The third-order valence-corrected chi connectivity index (χ3v) is 3.56. The lowest BCUT2D eigenvalue weighted by atomic mass is 10.2. The number of benzene rings is 1. The molecule has 0 radical (unpaired) electrons. The van der Waals surface area contributed by atoms with E-state index in [4.69, 9.17) is 12.6 Å². The van der Waals surface area contributed by atoms with E-state index in [1.165, 1.54) is 0 Å². The molecule has 1 rings (SSSR count). The number of rotatable bonds is 11. The van der Waals surface area contributed by atoms with E-state index >= 15 is 0 Å². The molecule has 1 atom stereocenters. The zero-order valence-corrected chi connectivity index (χ0v) is 15.8. The second-order valence-corrected chi connectivity index (χ2v) is 5.71. The Morgan fingerprint density at radius 2 is 1.85 bits per heavy atom. The Balaban J connectivity index is 2.75. The van der Waals surface area contributed by atoms with Crippen LogP contribution in [0.15, 0.2) is 30.3 Å². The van der Waals surface area contributed by atoms with Crippen molar-refractivity contribution < 1.29 is 31.8 Å². The van der Waals surface area contributed by atoms with Crippen LogP contribution in [0.3, 0.4) is 0 Å². The molecule has 0 heterocycles. The van der Waals surface area contributed by atoms with Gasteiger partial charge in [0.2, 0.25) is 17.7 Å². The van der Waals surface area contributed by atoms with E-state index in [2.05, 4.69) is 10.6 Å². The number of halogens is 1. The van der Waals surface area contributed by atoms with E-state index in [0.29, 0.717) is 0 Å². The molecule has 0 saturated heterocycles. The van der Waals surface area contributed by atoms with Crippen LogP contribution in [0.5, 0.6) is 0 Å². The molecule has 1 aromatic carbocycles. The monoisotopic (exact) mass is 479 g/mol. The van der Waals surface area contributed by atoms with Gasteiger partial charge in [-0.3, -0.25) is 19.2 Å². The molecule has 0 bridgehead atoms. The summed E-state index contributed by atoms with van der Waals surface area (Å²) in [7, 11) is 0. The van der Waals surface area contributed by atoms with E-state index in [1.807, 2.05) is 11.4 Å². The van der Waals surface area contributed by atoms with Gasteiger partial charge in [0.25, 0.3) is 0 Å². The minimum absolute atomic E-state index is 0.0622. The van der Waals surface area contributed by atoms with Gasteiger partial charge in [-0.25, -0.2) is 0 Å². The minimum atomic E-state index is -2.76. The van der Waals surface area contributed by atoms with Gasteiger partial charge in [-0.15, -0.1) is 0 Å². The van der Waals surface area contributed by atoms with Crippen molar-refractivity contribution in [3.8, 4) is 0 Å². The fraction of sp³-hybridized carbons (Fsp3) is 0.375. The topological polar surface area (TPSA) is 134 Å². The van der Waals surface area contributed by atoms with Gasteiger partial charge in [0.05, 0.1) is 26.9 Å². The predicted molar refractivity (Wildman–Crippen MR) is 101 cm³/mol. The van der Waals surface area contributed by atoms with Crippen molar-refractivity contribution in [2.24, 2.45) is 0 Å². The Morgan fingerprint density at radius 1 is 1.15 bits per heavy atom. The largest absolute Gasteiger partial charge is 0.480 e. The van der Waals surface area contributed by atoms with Crippen molar-refractivity contribution in [2.45, 2.75) is 12.6 Å². The van der Waals surface area contributed by atoms with Gasteiger partial charge in [-0.2, -0.15) is 0 Å². The van der Waals surface area contributed by atoms with Gasteiger partial charge in [0, 0.05) is 0 Å². The Kier molecular flexibility index (Phi) is 8.71. The van der Waals surface area contributed by atoms with Crippen molar-refractivity contribution in [1.29, 1.82) is 0 Å². The van der Waals surface area contributed by atoms with E-state index < -0.39 is 42.8 Å². The molecule has 0 aliphatic heterocycles. The fourth-order valence-electron chi connectivity index (χ4n) is 1.69. The van der Waals surface area contributed by atoms with E-state index in [-0.39, 0.29) is 17.6 Å². The molecule has 0 fully saturated rings. The number of nitrogens with one attached hydrogen (secondary N) is 3. The molecule has 1 unspecified atom stereocenters. The summed E-state index contributed by atoms with van der Waals surface area (Å²) in [6.45, 7) is -3.64. The Bertz CT molecular complexity index is 705. The third kappa shape index (κ3) is 9.32. The summed E-state index contributed by atoms with van der Waals surface area (Å²) >= 11 is 1.70. The van der Waals surface area contributed by atoms with E-state index in [9.17, 15) is 19.2 Å². The van der Waals surface area contributed by atoms with Crippen LogP contribution in [0.4, 0.5) is 0 Å². The minimum Gasteiger partial charge on any atom is -0.480 e. The molecular formula is C16H20IN3O6. The highest BCUT2D eigenvalue weighted by Crippen LogP contribution is 2.01. The second kappa shape index (κ2) is 12.2. The van der Waals surface area contributed by atoms with E-state index in [0.717, 1.165) is 5.56 Å². The first kappa shape index (κ1) is 18.6. The maximum Gasteiger partial charge on any atom is 0.322 e.